The number of nitrogens with zero attached hydrogens (tertiary/aromatic N) is 4. The average molecular weight is 673 g/mol. The van der Waals surface area contributed by atoms with Crippen molar-refractivity contribution in [3.63, 3.8) is 0 Å². The zero-order valence-electron chi connectivity index (χ0n) is 28.8. The molecule has 1 fully saturated rings. The molecule has 0 bridgehead atoms. The van der Waals surface area contributed by atoms with Crippen molar-refractivity contribution in [1.82, 2.24) is 30.2 Å². The SMILES string of the molecule is Cc1ccc(C)c(C[C@@H]2[C@H](O)[C@@H](O)[C@@H](Cc3cc(C)ccc3C)N(Cc3ccc4[nH]nc(N)c4c3)C(=O)N2Cc2ccc3[nH]nc(N)c3c2)c1. The Morgan fingerprint density at radius 2 is 1.06 bits per heavy atom. The minimum absolute atomic E-state index is 0.180. The molecule has 0 saturated carbocycles. The molecule has 0 spiro atoms. The Labute approximate surface area is 290 Å². The van der Waals surface area contributed by atoms with Gasteiger partial charge in [0.1, 0.15) is 12.2 Å². The van der Waals surface area contributed by atoms with Gasteiger partial charge in [-0.1, -0.05) is 59.7 Å². The standard InChI is InChI=1S/C39H44N8O3/c1-21-5-7-23(3)27(13-21)17-33-35(48)36(49)34(18-28-14-22(2)6-8-24(28)4)47(20-26-10-12-32-30(16-26)38(41)45-43-32)39(50)46(33)19-25-9-11-31-29(15-25)37(40)44-42-31/h5-16,33-36,48-49H,17-20H2,1-4H3,(H3,40,42,44)(H3,41,43,45)/t33-,34-,35+,36+/m1/s1. The molecule has 11 nitrogen and oxygen atoms in total. The zero-order chi connectivity index (χ0) is 35.3. The molecule has 11 heteroatoms. The van der Waals surface area contributed by atoms with Gasteiger partial charge in [0.25, 0.3) is 0 Å². The van der Waals surface area contributed by atoms with E-state index in [1.807, 2.05) is 64.1 Å². The van der Waals surface area contributed by atoms with Crippen molar-refractivity contribution in [3.05, 3.63) is 117 Å². The number of amides is 2. The first kappa shape index (κ1) is 33.1. The van der Waals surface area contributed by atoms with Crippen LogP contribution in [0.4, 0.5) is 16.4 Å². The molecule has 7 rings (SSSR count). The number of nitrogens with one attached hydrogen (secondary N) is 2. The molecule has 1 aliphatic heterocycles. The van der Waals surface area contributed by atoms with Gasteiger partial charge >= 0.3 is 6.03 Å². The number of nitrogen functional groups attached to an aromatic ring is 2. The maximum absolute atomic E-state index is 15.3. The van der Waals surface area contributed by atoms with Crippen molar-refractivity contribution < 1.29 is 15.0 Å². The molecule has 4 atom stereocenters. The molecule has 0 unspecified atom stereocenters. The van der Waals surface area contributed by atoms with E-state index in [9.17, 15) is 10.2 Å². The molecule has 6 aromatic rings. The Morgan fingerprint density at radius 3 is 1.48 bits per heavy atom. The number of anilines is 2. The van der Waals surface area contributed by atoms with E-state index in [1.54, 1.807) is 9.80 Å². The number of aromatic nitrogens is 4. The van der Waals surface area contributed by atoms with Gasteiger partial charge in [-0.3, -0.25) is 10.2 Å². The van der Waals surface area contributed by atoms with E-state index in [0.717, 1.165) is 66.3 Å². The summed E-state index contributed by atoms with van der Waals surface area (Å²) in [5, 5.41) is 40.2. The monoisotopic (exact) mass is 672 g/mol. The largest absolute Gasteiger partial charge is 0.388 e. The van der Waals surface area contributed by atoms with Crippen LogP contribution in [0.2, 0.25) is 0 Å². The first-order chi connectivity index (χ1) is 24.0. The van der Waals surface area contributed by atoms with Gasteiger partial charge < -0.3 is 31.5 Å². The number of benzene rings is 4. The third-order valence-electron chi connectivity index (χ3n) is 10.3. The average Bonchev–Trinajstić information content (AvgIpc) is 3.65. The number of hydrogen-bond acceptors (Lipinski definition) is 7. The van der Waals surface area contributed by atoms with Crippen LogP contribution >= 0.6 is 0 Å². The molecular formula is C39H44N8O3. The topological polar surface area (TPSA) is 173 Å². The first-order valence-electron chi connectivity index (χ1n) is 17.0. The molecule has 0 aliphatic carbocycles. The zero-order valence-corrected chi connectivity index (χ0v) is 28.8. The molecule has 4 aromatic carbocycles. The molecule has 0 radical (unpaired) electrons. The summed E-state index contributed by atoms with van der Waals surface area (Å²) >= 11 is 0. The number of aliphatic hydroxyl groups is 2. The second-order valence-corrected chi connectivity index (χ2v) is 13.9. The number of fused-ring (bicyclic) bond motifs is 2. The Kier molecular flexibility index (Phi) is 8.71. The fourth-order valence-electron chi connectivity index (χ4n) is 7.35. The first-order valence-corrected chi connectivity index (χ1v) is 17.0. The minimum Gasteiger partial charge on any atom is -0.388 e. The van der Waals surface area contributed by atoms with Crippen LogP contribution in [0.25, 0.3) is 21.8 Å². The summed E-state index contributed by atoms with van der Waals surface area (Å²) in [5.74, 6) is 0.742. The van der Waals surface area contributed by atoms with E-state index in [-0.39, 0.29) is 19.1 Å². The lowest BCUT2D eigenvalue weighted by molar-refractivity contribution is -0.0409. The fraction of sp³-hybridized carbons (Fsp3) is 0.308. The lowest BCUT2D eigenvalue weighted by Crippen LogP contribution is -2.50. The van der Waals surface area contributed by atoms with Crippen molar-refractivity contribution >= 4 is 39.5 Å². The van der Waals surface area contributed by atoms with Gasteiger partial charge in [0.05, 0.1) is 23.1 Å². The highest BCUT2D eigenvalue weighted by Crippen LogP contribution is 2.32. The van der Waals surface area contributed by atoms with E-state index in [1.165, 1.54) is 0 Å². The van der Waals surface area contributed by atoms with Crippen molar-refractivity contribution in [1.29, 1.82) is 0 Å². The fourth-order valence-corrected chi connectivity index (χ4v) is 7.35. The van der Waals surface area contributed by atoms with Crippen LogP contribution in [0.5, 0.6) is 0 Å². The molecule has 1 aliphatic rings. The van der Waals surface area contributed by atoms with Crippen LogP contribution in [0.15, 0.2) is 72.8 Å². The summed E-state index contributed by atoms with van der Waals surface area (Å²) in [5.41, 5.74) is 21.9. The van der Waals surface area contributed by atoms with Crippen LogP contribution in [0.1, 0.15) is 44.5 Å². The summed E-state index contributed by atoms with van der Waals surface area (Å²) in [6.45, 7) is 8.48. The van der Waals surface area contributed by atoms with Crippen LogP contribution in [0.3, 0.4) is 0 Å². The Balaban J connectivity index is 1.36. The highest BCUT2D eigenvalue weighted by atomic mass is 16.3. The lowest BCUT2D eigenvalue weighted by atomic mass is 9.88. The lowest BCUT2D eigenvalue weighted by Gasteiger charge is -2.36. The van der Waals surface area contributed by atoms with Crippen LogP contribution in [0, 0.1) is 27.7 Å². The highest BCUT2D eigenvalue weighted by molar-refractivity contribution is 5.90. The van der Waals surface area contributed by atoms with Gasteiger partial charge in [-0.05, 0) is 98.2 Å². The van der Waals surface area contributed by atoms with Crippen molar-refractivity contribution in [2.24, 2.45) is 0 Å². The maximum Gasteiger partial charge on any atom is 0.321 e. The molecule has 3 heterocycles. The number of rotatable bonds is 8. The second-order valence-electron chi connectivity index (χ2n) is 13.9. The normalized spacial score (nSPS) is 19.8. The third-order valence-corrected chi connectivity index (χ3v) is 10.3. The molecule has 8 N–H and O–H groups in total. The number of nitrogens with two attached hydrogens (primary N) is 2. The summed E-state index contributed by atoms with van der Waals surface area (Å²) in [6.07, 6.45) is -1.80. The molecule has 258 valence electrons. The van der Waals surface area contributed by atoms with E-state index in [4.69, 9.17) is 11.5 Å². The van der Waals surface area contributed by atoms with Gasteiger partial charge in [0, 0.05) is 23.9 Å². The minimum atomic E-state index is -1.26. The highest BCUT2D eigenvalue weighted by Gasteiger charge is 2.46. The van der Waals surface area contributed by atoms with Crippen LogP contribution < -0.4 is 11.5 Å². The Bertz CT molecular complexity index is 2050. The number of hydrogen-bond donors (Lipinski definition) is 6. The van der Waals surface area contributed by atoms with E-state index >= 15 is 4.79 Å². The van der Waals surface area contributed by atoms with Crippen LogP contribution in [-0.2, 0) is 25.9 Å². The number of carbonyl (C=O) groups excluding carboxylic acids is 1. The summed E-state index contributed by atoms with van der Waals surface area (Å²) < 4.78 is 0. The molecule has 1 saturated heterocycles. The van der Waals surface area contributed by atoms with Gasteiger partial charge in [-0.15, -0.1) is 0 Å². The summed E-state index contributed by atoms with van der Waals surface area (Å²) in [7, 11) is 0. The predicted octanol–water partition coefficient (Wildman–Crippen LogP) is 5.22. The van der Waals surface area contributed by atoms with Crippen molar-refractivity contribution in [2.45, 2.75) is 77.9 Å². The third kappa shape index (κ3) is 6.25. The summed E-state index contributed by atoms with van der Waals surface area (Å²) in [4.78, 5) is 18.7. The molecule has 2 aromatic heterocycles. The van der Waals surface area contributed by atoms with Gasteiger partial charge in [-0.25, -0.2) is 4.79 Å². The molecule has 2 amide bonds. The van der Waals surface area contributed by atoms with Gasteiger partial charge in [0.2, 0.25) is 0 Å². The Hall–Kier alpha value is -5.39. The van der Waals surface area contributed by atoms with Crippen LogP contribution in [-0.4, -0.2) is 70.7 Å². The van der Waals surface area contributed by atoms with E-state index in [0.29, 0.717) is 24.5 Å². The van der Waals surface area contributed by atoms with Crippen molar-refractivity contribution in [3.8, 4) is 0 Å². The molecule has 50 heavy (non-hydrogen) atoms. The smallest absolute Gasteiger partial charge is 0.321 e. The second kappa shape index (κ2) is 13.1. The van der Waals surface area contributed by atoms with E-state index in [2.05, 4.69) is 56.8 Å². The number of aliphatic hydroxyl groups excluding tert-OH is 2. The quantitative estimate of drug-likeness (QED) is 0.129. The number of urea groups is 1. The van der Waals surface area contributed by atoms with Gasteiger partial charge in [-0.2, -0.15) is 10.2 Å². The predicted molar refractivity (Wildman–Crippen MR) is 196 cm³/mol. The number of carbonyl (C=O) groups is 1. The number of aryl methyl sites for hydroxylation is 4. The number of aromatic amines is 2. The maximum atomic E-state index is 15.3. The van der Waals surface area contributed by atoms with E-state index < -0.39 is 24.3 Å². The number of H-pyrrole nitrogens is 2. The Morgan fingerprint density at radius 1 is 0.640 bits per heavy atom. The van der Waals surface area contributed by atoms with Gasteiger partial charge in [0.15, 0.2) is 11.6 Å². The molecular weight excluding hydrogens is 628 g/mol. The van der Waals surface area contributed by atoms with Crippen molar-refractivity contribution in [2.75, 3.05) is 11.5 Å². The summed E-state index contributed by atoms with van der Waals surface area (Å²) in [6, 6.07) is 22.1.